The van der Waals surface area contributed by atoms with E-state index in [0.717, 1.165) is 17.4 Å². The molecule has 1 aromatic carbocycles. The summed E-state index contributed by atoms with van der Waals surface area (Å²) in [6, 6.07) is 9.81. The Balaban J connectivity index is 1.05. The molecule has 5 rings (SSSR count). The molecule has 2 aromatic rings. The van der Waals surface area contributed by atoms with Crippen molar-refractivity contribution in [2.45, 2.75) is 30.7 Å². The van der Waals surface area contributed by atoms with E-state index < -0.39 is 0 Å². The number of carbonyl (C=O) groups excluding carboxylic acids is 2. The second-order valence-electron chi connectivity index (χ2n) is 8.63. The van der Waals surface area contributed by atoms with Crippen LogP contribution >= 0.6 is 11.8 Å². The number of nitrogens with one attached hydrogen (secondary N) is 2. The molecule has 6 nitrogen and oxygen atoms in total. The van der Waals surface area contributed by atoms with Gasteiger partial charge in [-0.15, -0.1) is 11.8 Å². The number of allylic oxidation sites excluding steroid dienone is 2. The summed E-state index contributed by atoms with van der Waals surface area (Å²) in [6.45, 7) is 0.907. The van der Waals surface area contributed by atoms with Gasteiger partial charge < -0.3 is 10.6 Å². The van der Waals surface area contributed by atoms with Gasteiger partial charge in [0.1, 0.15) is 6.54 Å². The predicted octanol–water partition coefficient (Wildman–Crippen LogP) is 3.33. The molecular weight excluding hydrogens is 396 g/mol. The first-order valence-corrected chi connectivity index (χ1v) is 11.6. The largest absolute Gasteiger partial charge is 0.354 e. The minimum atomic E-state index is -0.0915. The van der Waals surface area contributed by atoms with E-state index in [1.165, 1.54) is 31.0 Å². The molecule has 3 aliphatic carbocycles. The molecule has 0 aliphatic heterocycles. The van der Waals surface area contributed by atoms with Crippen molar-refractivity contribution in [2.75, 3.05) is 17.6 Å². The number of amides is 2. The van der Waals surface area contributed by atoms with E-state index in [1.54, 1.807) is 17.1 Å². The van der Waals surface area contributed by atoms with Gasteiger partial charge in [0.25, 0.3) is 0 Å². The first-order valence-electron chi connectivity index (χ1n) is 10.6. The number of rotatable bonds is 8. The third-order valence-corrected chi connectivity index (χ3v) is 7.75. The molecule has 7 heteroatoms. The third kappa shape index (κ3) is 3.90. The van der Waals surface area contributed by atoms with Crippen LogP contribution in [0, 0.1) is 23.2 Å². The van der Waals surface area contributed by atoms with Gasteiger partial charge in [-0.2, -0.15) is 5.10 Å². The fourth-order valence-electron chi connectivity index (χ4n) is 5.18. The predicted molar refractivity (Wildman–Crippen MR) is 117 cm³/mol. The lowest BCUT2D eigenvalue weighted by atomic mass is 9.89. The Morgan fingerprint density at radius 1 is 1.17 bits per heavy atom. The van der Waals surface area contributed by atoms with E-state index in [-0.39, 0.29) is 18.4 Å². The van der Waals surface area contributed by atoms with Gasteiger partial charge in [-0.3, -0.25) is 14.3 Å². The number of aromatic nitrogens is 2. The van der Waals surface area contributed by atoms with Gasteiger partial charge in [-0.1, -0.05) is 30.4 Å². The number of thioether (sulfide) groups is 1. The quantitative estimate of drug-likeness (QED) is 0.505. The molecule has 30 heavy (non-hydrogen) atoms. The van der Waals surface area contributed by atoms with Crippen molar-refractivity contribution < 1.29 is 9.59 Å². The molecule has 0 radical (unpaired) electrons. The molecule has 2 fully saturated rings. The highest BCUT2D eigenvalue weighted by molar-refractivity contribution is 8.00. The zero-order valence-corrected chi connectivity index (χ0v) is 17.6. The van der Waals surface area contributed by atoms with E-state index in [1.807, 2.05) is 30.3 Å². The van der Waals surface area contributed by atoms with E-state index in [2.05, 4.69) is 27.9 Å². The molecule has 0 unspecified atom stereocenters. The Kier molecular flexibility index (Phi) is 5.15. The lowest BCUT2D eigenvalue weighted by Gasteiger charge is -2.20. The van der Waals surface area contributed by atoms with Crippen LogP contribution in [0.5, 0.6) is 0 Å². The third-order valence-electron chi connectivity index (χ3n) is 6.74. The normalized spacial score (nSPS) is 24.9. The summed E-state index contributed by atoms with van der Waals surface area (Å²) in [7, 11) is 0. The van der Waals surface area contributed by atoms with Gasteiger partial charge in [-0.25, -0.2) is 0 Å². The van der Waals surface area contributed by atoms with Crippen LogP contribution in [0.25, 0.3) is 0 Å². The van der Waals surface area contributed by atoms with Gasteiger partial charge in [0.15, 0.2) is 0 Å². The minimum absolute atomic E-state index is 0.0350. The summed E-state index contributed by atoms with van der Waals surface area (Å²) < 4.78 is 1.57. The van der Waals surface area contributed by atoms with Crippen molar-refractivity contribution in [2.24, 2.45) is 23.2 Å². The average Bonchev–Trinajstić information content (AvgIpc) is 3.23. The average molecular weight is 423 g/mol. The maximum absolute atomic E-state index is 12.4. The number of nitrogens with zero attached hydrogens (tertiary/aromatic N) is 2. The van der Waals surface area contributed by atoms with Gasteiger partial charge in [0.05, 0.1) is 17.6 Å². The zero-order valence-electron chi connectivity index (χ0n) is 16.8. The molecule has 3 aliphatic rings. The molecule has 2 bridgehead atoms. The van der Waals surface area contributed by atoms with Crippen LogP contribution in [0.1, 0.15) is 19.3 Å². The van der Waals surface area contributed by atoms with Crippen LogP contribution in [0.2, 0.25) is 0 Å². The van der Waals surface area contributed by atoms with E-state index >= 15 is 0 Å². The first kappa shape index (κ1) is 19.4. The van der Waals surface area contributed by atoms with E-state index in [0.29, 0.717) is 28.7 Å². The molecule has 1 spiro atoms. The Hall–Kier alpha value is -2.54. The van der Waals surface area contributed by atoms with Crippen molar-refractivity contribution in [3.05, 3.63) is 54.9 Å². The van der Waals surface area contributed by atoms with Crippen molar-refractivity contribution in [1.82, 2.24) is 15.1 Å². The van der Waals surface area contributed by atoms with Gasteiger partial charge >= 0.3 is 0 Å². The summed E-state index contributed by atoms with van der Waals surface area (Å²) in [5, 5.41) is 10.1. The topological polar surface area (TPSA) is 76.0 Å². The Bertz CT molecular complexity index is 967. The van der Waals surface area contributed by atoms with Crippen LogP contribution < -0.4 is 10.6 Å². The highest BCUT2D eigenvalue weighted by Crippen LogP contribution is 2.69. The van der Waals surface area contributed by atoms with Gasteiger partial charge in [-0.05, 0) is 54.6 Å². The number of benzene rings is 1. The van der Waals surface area contributed by atoms with E-state index in [4.69, 9.17) is 0 Å². The molecule has 1 aromatic heterocycles. The first-order chi connectivity index (χ1) is 14.6. The van der Waals surface area contributed by atoms with Crippen LogP contribution in [0.3, 0.4) is 0 Å². The van der Waals surface area contributed by atoms with Crippen LogP contribution in [0.15, 0.2) is 59.8 Å². The molecule has 2 N–H and O–H groups in total. The van der Waals surface area contributed by atoms with Crippen molar-refractivity contribution in [3.63, 3.8) is 0 Å². The lowest BCUT2D eigenvalue weighted by Crippen LogP contribution is -2.34. The van der Waals surface area contributed by atoms with Crippen molar-refractivity contribution >= 4 is 29.3 Å². The van der Waals surface area contributed by atoms with Crippen LogP contribution in [-0.4, -0.2) is 33.9 Å². The molecular formula is C23H26N4O2S. The molecule has 3 atom stereocenters. The van der Waals surface area contributed by atoms with Gasteiger partial charge in [0, 0.05) is 17.6 Å². The number of anilines is 1. The lowest BCUT2D eigenvalue weighted by molar-refractivity contribution is -0.122. The highest BCUT2D eigenvalue weighted by atomic mass is 32.2. The Morgan fingerprint density at radius 3 is 2.77 bits per heavy atom. The maximum Gasteiger partial charge on any atom is 0.241 e. The van der Waals surface area contributed by atoms with Crippen molar-refractivity contribution in [1.29, 1.82) is 0 Å². The van der Waals surface area contributed by atoms with E-state index in [9.17, 15) is 9.59 Å². The summed E-state index contributed by atoms with van der Waals surface area (Å²) in [5.41, 5.74) is 1.17. The highest BCUT2D eigenvalue weighted by Gasteiger charge is 2.62. The van der Waals surface area contributed by atoms with Gasteiger partial charge in [0.2, 0.25) is 11.8 Å². The minimum Gasteiger partial charge on any atom is -0.354 e. The monoisotopic (exact) mass is 422 g/mol. The fraction of sp³-hybridized carbons (Fsp3) is 0.435. The smallest absolute Gasteiger partial charge is 0.241 e. The van der Waals surface area contributed by atoms with Crippen molar-refractivity contribution in [3.8, 4) is 0 Å². The summed E-state index contributed by atoms with van der Waals surface area (Å²) in [5.74, 6) is 2.17. The second-order valence-corrected chi connectivity index (χ2v) is 9.68. The molecule has 1 heterocycles. The molecule has 2 saturated carbocycles. The zero-order chi connectivity index (χ0) is 20.6. The fourth-order valence-corrected chi connectivity index (χ4v) is 5.90. The molecule has 2 amide bonds. The second kappa shape index (κ2) is 7.95. The summed E-state index contributed by atoms with van der Waals surface area (Å²) >= 11 is 1.48. The Labute approximate surface area is 180 Å². The maximum atomic E-state index is 12.4. The molecule has 156 valence electrons. The Morgan fingerprint density at radius 2 is 2.00 bits per heavy atom. The number of hydrogen-bond donors (Lipinski definition) is 2. The summed E-state index contributed by atoms with van der Waals surface area (Å²) in [4.78, 5) is 25.6. The SMILES string of the molecule is O=C(Cn1cc(NC(=O)CSc2ccccc2)cn1)NC[C@@H]1C[C@@H]2C=C[C@@H]1C21CC1. The van der Waals surface area contributed by atoms with Crippen LogP contribution in [0.4, 0.5) is 5.69 Å². The number of carbonyl (C=O) groups is 2. The standard InChI is InChI=1S/C23H26N4O2S/c28-21(24-11-16-10-17-6-7-20(16)23(17)8-9-23)14-27-13-18(12-25-27)26-22(29)15-30-19-4-2-1-3-5-19/h1-7,12-13,16-17,20H,8-11,14-15H2,(H,24,28)(H,26,29)/t16-,17-,20-/m0/s1. The summed E-state index contributed by atoms with van der Waals surface area (Å²) in [6.07, 6.45) is 12.0. The number of hydrogen-bond acceptors (Lipinski definition) is 4. The molecule has 0 saturated heterocycles. The van der Waals surface area contributed by atoms with Crippen LogP contribution in [-0.2, 0) is 16.1 Å².